The zero-order valence-corrected chi connectivity index (χ0v) is 14.1. The second kappa shape index (κ2) is 5.94. The van der Waals surface area contributed by atoms with Crippen molar-refractivity contribution in [2.45, 2.75) is 32.9 Å². The number of nitrogens with zero attached hydrogens (tertiary/aromatic N) is 4. The molecular weight excluding hydrogens is 340 g/mol. The second-order valence-corrected chi connectivity index (χ2v) is 6.08. The molecule has 3 aromatic rings. The fourth-order valence-electron chi connectivity index (χ4n) is 3.41. The number of aliphatic carboxylic acids is 1. The molecule has 1 aliphatic rings. The van der Waals surface area contributed by atoms with Crippen LogP contribution in [0.25, 0.3) is 22.1 Å². The number of fused-ring (bicyclic) bond motifs is 5. The Morgan fingerprint density at radius 3 is 2.92 bits per heavy atom. The van der Waals surface area contributed by atoms with Crippen molar-refractivity contribution in [1.82, 2.24) is 19.1 Å². The van der Waals surface area contributed by atoms with E-state index in [0.29, 0.717) is 10.9 Å². The summed E-state index contributed by atoms with van der Waals surface area (Å²) >= 11 is 0. The standard InChI is InChI=1S/C17H16N4O5/c1-2-26-17(25)10-6-9-14-11(20-5-3-4-12(20)19-14)7-18-15(9)21(16(10)24)8-13(22)23/h6-7H,2-5,8H2,1H3,(H,22,23). The fourth-order valence-corrected chi connectivity index (χ4v) is 3.41. The third-order valence-corrected chi connectivity index (χ3v) is 4.48. The van der Waals surface area contributed by atoms with E-state index in [1.165, 1.54) is 6.07 Å². The maximum Gasteiger partial charge on any atom is 0.343 e. The zero-order chi connectivity index (χ0) is 18.4. The van der Waals surface area contributed by atoms with Crippen molar-refractivity contribution in [3.63, 3.8) is 0 Å². The van der Waals surface area contributed by atoms with Crippen LogP contribution in [0.2, 0.25) is 0 Å². The van der Waals surface area contributed by atoms with E-state index >= 15 is 0 Å². The maximum atomic E-state index is 12.6. The lowest BCUT2D eigenvalue weighted by atomic mass is 10.1. The first-order chi connectivity index (χ1) is 12.5. The molecular formula is C17H16N4O5. The van der Waals surface area contributed by atoms with Gasteiger partial charge in [-0.15, -0.1) is 0 Å². The molecule has 4 heterocycles. The normalized spacial score (nSPS) is 13.3. The van der Waals surface area contributed by atoms with Crippen molar-refractivity contribution in [2.75, 3.05) is 6.61 Å². The average molecular weight is 356 g/mol. The Hall–Kier alpha value is -3.23. The van der Waals surface area contributed by atoms with Crippen LogP contribution >= 0.6 is 0 Å². The predicted molar refractivity (Wildman–Crippen MR) is 91.2 cm³/mol. The lowest BCUT2D eigenvalue weighted by Crippen LogP contribution is -2.30. The summed E-state index contributed by atoms with van der Waals surface area (Å²) in [5.74, 6) is -1.08. The van der Waals surface area contributed by atoms with E-state index in [1.807, 2.05) is 0 Å². The van der Waals surface area contributed by atoms with Crippen LogP contribution in [0.5, 0.6) is 0 Å². The van der Waals surface area contributed by atoms with Crippen molar-refractivity contribution >= 4 is 34.0 Å². The van der Waals surface area contributed by atoms with Crippen molar-refractivity contribution in [3.8, 4) is 0 Å². The van der Waals surface area contributed by atoms with Crippen LogP contribution in [-0.2, 0) is 29.0 Å². The molecule has 0 radical (unpaired) electrons. The van der Waals surface area contributed by atoms with E-state index in [-0.39, 0.29) is 17.8 Å². The van der Waals surface area contributed by atoms with E-state index in [1.54, 1.807) is 13.1 Å². The van der Waals surface area contributed by atoms with E-state index in [4.69, 9.17) is 9.84 Å². The topological polar surface area (TPSA) is 116 Å². The first-order valence-electron chi connectivity index (χ1n) is 8.31. The number of rotatable bonds is 4. The van der Waals surface area contributed by atoms with Gasteiger partial charge in [0.05, 0.1) is 18.3 Å². The van der Waals surface area contributed by atoms with E-state index in [0.717, 1.165) is 35.3 Å². The highest BCUT2D eigenvalue weighted by Gasteiger charge is 2.23. The molecule has 0 atom stereocenters. The van der Waals surface area contributed by atoms with Gasteiger partial charge in [0.15, 0.2) is 0 Å². The molecule has 0 saturated carbocycles. The number of esters is 1. The summed E-state index contributed by atoms with van der Waals surface area (Å²) in [7, 11) is 0. The van der Waals surface area contributed by atoms with Crippen LogP contribution in [-0.4, -0.2) is 42.8 Å². The van der Waals surface area contributed by atoms with Gasteiger partial charge in [0.25, 0.3) is 5.56 Å². The van der Waals surface area contributed by atoms with Crippen molar-refractivity contribution in [2.24, 2.45) is 0 Å². The van der Waals surface area contributed by atoms with Gasteiger partial charge in [-0.1, -0.05) is 0 Å². The number of aromatic nitrogens is 4. The van der Waals surface area contributed by atoms with Gasteiger partial charge in [-0.05, 0) is 19.4 Å². The molecule has 9 heteroatoms. The van der Waals surface area contributed by atoms with Crippen molar-refractivity contribution in [3.05, 3.63) is 34.0 Å². The smallest absolute Gasteiger partial charge is 0.343 e. The van der Waals surface area contributed by atoms with Gasteiger partial charge in [0, 0.05) is 18.4 Å². The van der Waals surface area contributed by atoms with Crippen LogP contribution in [0.3, 0.4) is 0 Å². The first-order valence-corrected chi connectivity index (χ1v) is 8.31. The van der Waals surface area contributed by atoms with Crippen LogP contribution in [0.4, 0.5) is 0 Å². The summed E-state index contributed by atoms with van der Waals surface area (Å²) in [6, 6.07) is 1.41. The highest BCUT2D eigenvalue weighted by molar-refractivity contribution is 6.04. The number of pyridine rings is 2. The Balaban J connectivity index is 2.08. The number of aryl methyl sites for hydroxylation is 2. The molecule has 26 heavy (non-hydrogen) atoms. The number of imidazole rings is 1. The predicted octanol–water partition coefficient (Wildman–Crippen LogP) is 0.954. The molecule has 0 aliphatic carbocycles. The summed E-state index contributed by atoms with van der Waals surface area (Å²) < 4.78 is 7.98. The number of hydrogen-bond acceptors (Lipinski definition) is 6. The Morgan fingerprint density at radius 2 is 2.19 bits per heavy atom. The Labute approximate surface area is 146 Å². The minimum atomic E-state index is -1.20. The third kappa shape index (κ3) is 2.35. The quantitative estimate of drug-likeness (QED) is 0.692. The molecule has 3 aromatic heterocycles. The Kier molecular flexibility index (Phi) is 3.71. The highest BCUT2D eigenvalue weighted by Crippen LogP contribution is 2.27. The van der Waals surface area contributed by atoms with Gasteiger partial charge in [0.2, 0.25) is 0 Å². The van der Waals surface area contributed by atoms with Crippen LogP contribution in [0.15, 0.2) is 17.1 Å². The molecule has 0 spiro atoms. The summed E-state index contributed by atoms with van der Waals surface area (Å²) in [5.41, 5.74) is 0.643. The van der Waals surface area contributed by atoms with Crippen LogP contribution in [0, 0.1) is 0 Å². The summed E-state index contributed by atoms with van der Waals surface area (Å²) in [6.45, 7) is 1.97. The van der Waals surface area contributed by atoms with Gasteiger partial charge in [0.1, 0.15) is 29.1 Å². The number of carboxylic acids is 1. The summed E-state index contributed by atoms with van der Waals surface area (Å²) in [6.07, 6.45) is 3.44. The van der Waals surface area contributed by atoms with Crippen molar-refractivity contribution < 1.29 is 19.4 Å². The largest absolute Gasteiger partial charge is 0.480 e. The molecule has 0 fully saturated rings. The van der Waals surface area contributed by atoms with E-state index < -0.39 is 24.0 Å². The van der Waals surface area contributed by atoms with E-state index in [9.17, 15) is 14.4 Å². The van der Waals surface area contributed by atoms with Gasteiger partial charge in [-0.25, -0.2) is 14.8 Å². The number of ether oxygens (including phenoxy) is 1. The average Bonchev–Trinajstić information content (AvgIpc) is 3.17. The Morgan fingerprint density at radius 1 is 1.38 bits per heavy atom. The lowest BCUT2D eigenvalue weighted by Gasteiger charge is -2.10. The molecule has 4 rings (SSSR count). The van der Waals surface area contributed by atoms with Crippen molar-refractivity contribution in [1.29, 1.82) is 0 Å². The summed E-state index contributed by atoms with van der Waals surface area (Å²) in [4.78, 5) is 45.0. The fraction of sp³-hybridized carbons (Fsp3) is 0.353. The molecule has 0 amide bonds. The molecule has 0 saturated heterocycles. The second-order valence-electron chi connectivity index (χ2n) is 6.08. The monoisotopic (exact) mass is 356 g/mol. The van der Waals surface area contributed by atoms with Gasteiger partial charge in [-0.2, -0.15) is 0 Å². The van der Waals surface area contributed by atoms with E-state index in [2.05, 4.69) is 14.5 Å². The highest BCUT2D eigenvalue weighted by atomic mass is 16.5. The molecule has 1 aliphatic heterocycles. The molecule has 0 aromatic carbocycles. The van der Waals surface area contributed by atoms with Crippen LogP contribution in [0.1, 0.15) is 29.5 Å². The molecule has 1 N–H and O–H groups in total. The molecule has 9 nitrogen and oxygen atoms in total. The number of carbonyl (C=O) groups excluding carboxylic acids is 1. The Bertz CT molecular complexity index is 1130. The first kappa shape index (κ1) is 16.2. The maximum absolute atomic E-state index is 12.6. The minimum absolute atomic E-state index is 0.108. The minimum Gasteiger partial charge on any atom is -0.480 e. The third-order valence-electron chi connectivity index (χ3n) is 4.48. The van der Waals surface area contributed by atoms with Gasteiger partial charge in [-0.3, -0.25) is 14.2 Å². The molecule has 0 unspecified atom stereocenters. The summed E-state index contributed by atoms with van der Waals surface area (Å²) in [5, 5.41) is 9.63. The number of carboxylic acid groups (broad SMARTS) is 1. The molecule has 134 valence electrons. The van der Waals surface area contributed by atoms with Gasteiger partial charge < -0.3 is 14.4 Å². The van der Waals surface area contributed by atoms with Crippen LogP contribution < -0.4 is 5.56 Å². The number of carbonyl (C=O) groups is 2. The zero-order valence-electron chi connectivity index (χ0n) is 14.1. The van der Waals surface area contributed by atoms with Gasteiger partial charge >= 0.3 is 11.9 Å². The SMILES string of the molecule is CCOC(=O)c1cc2c3nc4n(c3cnc2n(CC(=O)O)c1=O)CCC4. The molecule has 0 bridgehead atoms. The number of hydrogen-bond donors (Lipinski definition) is 1. The lowest BCUT2D eigenvalue weighted by molar-refractivity contribution is -0.137.